The summed E-state index contributed by atoms with van der Waals surface area (Å²) in [5.41, 5.74) is 0.681. The number of pyridine rings is 1. The first-order valence-corrected chi connectivity index (χ1v) is 7.07. The van der Waals surface area contributed by atoms with Gasteiger partial charge in [-0.25, -0.2) is 9.59 Å². The number of hydrogen-bond acceptors (Lipinski definition) is 4. The Morgan fingerprint density at radius 2 is 2.05 bits per heavy atom. The Morgan fingerprint density at radius 3 is 2.76 bits per heavy atom. The molecule has 1 aliphatic rings. The Kier molecular flexibility index (Phi) is 5.51. The van der Waals surface area contributed by atoms with Crippen LogP contribution in [0.2, 0.25) is 0 Å². The third-order valence-corrected chi connectivity index (χ3v) is 3.41. The second-order valence-corrected chi connectivity index (χ2v) is 5.00. The van der Waals surface area contributed by atoms with Crippen LogP contribution in [0.5, 0.6) is 0 Å². The molecule has 2 heterocycles. The van der Waals surface area contributed by atoms with Crippen molar-refractivity contribution in [3.8, 4) is 0 Å². The SMILES string of the molecule is O=C(NCCN1CCCC1)NCc1cc(C(=O)O)ccn1. The number of aromatic carboxylic acids is 1. The van der Waals surface area contributed by atoms with Gasteiger partial charge in [0.05, 0.1) is 17.8 Å². The van der Waals surface area contributed by atoms with Crippen molar-refractivity contribution in [3.05, 3.63) is 29.6 Å². The van der Waals surface area contributed by atoms with E-state index in [1.54, 1.807) is 0 Å². The zero-order chi connectivity index (χ0) is 15.1. The number of likely N-dealkylation sites (tertiary alicyclic amines) is 1. The zero-order valence-electron chi connectivity index (χ0n) is 11.8. The lowest BCUT2D eigenvalue weighted by Crippen LogP contribution is -2.39. The molecule has 0 unspecified atom stereocenters. The van der Waals surface area contributed by atoms with Gasteiger partial charge in [0, 0.05) is 19.3 Å². The molecule has 2 amide bonds. The molecular formula is C14H20N4O3. The Labute approximate surface area is 123 Å². The lowest BCUT2D eigenvalue weighted by atomic mass is 10.2. The summed E-state index contributed by atoms with van der Waals surface area (Å²) >= 11 is 0. The number of carbonyl (C=O) groups excluding carboxylic acids is 1. The Hall–Kier alpha value is -2.15. The molecule has 1 fully saturated rings. The van der Waals surface area contributed by atoms with Gasteiger partial charge < -0.3 is 20.6 Å². The first-order chi connectivity index (χ1) is 10.1. The Balaban J connectivity index is 1.68. The van der Waals surface area contributed by atoms with Crippen molar-refractivity contribution in [1.29, 1.82) is 0 Å². The van der Waals surface area contributed by atoms with Gasteiger partial charge in [-0.1, -0.05) is 0 Å². The molecule has 3 N–H and O–H groups in total. The molecule has 0 atom stereocenters. The van der Waals surface area contributed by atoms with Crippen molar-refractivity contribution in [3.63, 3.8) is 0 Å². The van der Waals surface area contributed by atoms with Crippen molar-refractivity contribution in [1.82, 2.24) is 20.5 Å². The molecular weight excluding hydrogens is 272 g/mol. The molecule has 7 nitrogen and oxygen atoms in total. The summed E-state index contributed by atoms with van der Waals surface area (Å²) in [5, 5.41) is 14.3. The quantitative estimate of drug-likeness (QED) is 0.716. The number of aromatic nitrogens is 1. The highest BCUT2D eigenvalue weighted by atomic mass is 16.4. The van der Waals surface area contributed by atoms with Crippen LogP contribution in [0, 0.1) is 0 Å². The highest BCUT2D eigenvalue weighted by molar-refractivity contribution is 5.87. The van der Waals surface area contributed by atoms with Gasteiger partial charge in [0.25, 0.3) is 0 Å². The van der Waals surface area contributed by atoms with Crippen molar-refractivity contribution in [2.45, 2.75) is 19.4 Å². The topological polar surface area (TPSA) is 94.6 Å². The van der Waals surface area contributed by atoms with Crippen LogP contribution in [0.15, 0.2) is 18.3 Å². The molecule has 0 aliphatic carbocycles. The molecule has 1 saturated heterocycles. The van der Waals surface area contributed by atoms with E-state index < -0.39 is 5.97 Å². The molecule has 0 spiro atoms. The number of carbonyl (C=O) groups is 2. The Bertz CT molecular complexity index is 501. The van der Waals surface area contributed by atoms with E-state index in [0.29, 0.717) is 12.2 Å². The van der Waals surface area contributed by atoms with Gasteiger partial charge in [0.15, 0.2) is 0 Å². The van der Waals surface area contributed by atoms with Gasteiger partial charge in [-0.3, -0.25) is 4.98 Å². The largest absolute Gasteiger partial charge is 0.478 e. The maximum absolute atomic E-state index is 11.6. The first-order valence-electron chi connectivity index (χ1n) is 7.07. The van der Waals surface area contributed by atoms with E-state index in [2.05, 4.69) is 20.5 Å². The lowest BCUT2D eigenvalue weighted by Gasteiger charge is -2.14. The van der Waals surface area contributed by atoms with E-state index in [4.69, 9.17) is 5.11 Å². The summed E-state index contributed by atoms with van der Waals surface area (Å²) in [6.07, 6.45) is 3.89. The van der Waals surface area contributed by atoms with E-state index in [9.17, 15) is 9.59 Å². The van der Waals surface area contributed by atoms with Crippen LogP contribution in [0.25, 0.3) is 0 Å². The number of carboxylic acid groups (broad SMARTS) is 1. The molecule has 0 radical (unpaired) electrons. The predicted octanol–water partition coefficient (Wildman–Crippen LogP) is 0.675. The maximum Gasteiger partial charge on any atom is 0.335 e. The summed E-state index contributed by atoms with van der Waals surface area (Å²) < 4.78 is 0. The van der Waals surface area contributed by atoms with E-state index in [1.165, 1.54) is 31.2 Å². The zero-order valence-corrected chi connectivity index (χ0v) is 11.8. The number of carboxylic acids is 1. The van der Waals surface area contributed by atoms with E-state index in [0.717, 1.165) is 19.6 Å². The molecule has 0 saturated carbocycles. The highest BCUT2D eigenvalue weighted by Crippen LogP contribution is 2.05. The van der Waals surface area contributed by atoms with Crippen LogP contribution in [-0.4, -0.2) is 53.2 Å². The van der Waals surface area contributed by atoms with Crippen molar-refractivity contribution in [2.24, 2.45) is 0 Å². The fourth-order valence-corrected chi connectivity index (χ4v) is 2.28. The standard InChI is InChI=1S/C14H20N4O3/c19-13(20)11-3-4-15-12(9-11)10-17-14(21)16-5-8-18-6-1-2-7-18/h3-4,9H,1-2,5-8,10H2,(H,19,20)(H2,16,17,21). The van der Waals surface area contributed by atoms with Gasteiger partial charge in [-0.05, 0) is 38.1 Å². The van der Waals surface area contributed by atoms with Crippen LogP contribution >= 0.6 is 0 Å². The number of hydrogen-bond donors (Lipinski definition) is 3. The number of urea groups is 1. The van der Waals surface area contributed by atoms with E-state index in [-0.39, 0.29) is 18.1 Å². The van der Waals surface area contributed by atoms with Gasteiger partial charge >= 0.3 is 12.0 Å². The lowest BCUT2D eigenvalue weighted by molar-refractivity contribution is 0.0696. The average molecular weight is 292 g/mol. The fraction of sp³-hybridized carbons (Fsp3) is 0.500. The summed E-state index contributed by atoms with van der Waals surface area (Å²) in [5.74, 6) is -1.01. The summed E-state index contributed by atoms with van der Waals surface area (Å²) in [7, 11) is 0. The van der Waals surface area contributed by atoms with Crippen LogP contribution in [-0.2, 0) is 6.54 Å². The van der Waals surface area contributed by atoms with Crippen molar-refractivity contribution < 1.29 is 14.7 Å². The molecule has 21 heavy (non-hydrogen) atoms. The van der Waals surface area contributed by atoms with Crippen LogP contribution in [0.4, 0.5) is 4.79 Å². The normalized spacial score (nSPS) is 14.9. The molecule has 0 bridgehead atoms. The van der Waals surface area contributed by atoms with Gasteiger partial charge in [0.1, 0.15) is 0 Å². The summed E-state index contributed by atoms with van der Waals surface area (Å²) in [4.78, 5) is 28.8. The smallest absolute Gasteiger partial charge is 0.335 e. The molecule has 1 aromatic rings. The van der Waals surface area contributed by atoms with Crippen molar-refractivity contribution in [2.75, 3.05) is 26.2 Å². The van der Waals surface area contributed by atoms with E-state index in [1.807, 2.05) is 0 Å². The third kappa shape index (κ3) is 5.03. The molecule has 2 rings (SSSR count). The third-order valence-electron chi connectivity index (χ3n) is 3.41. The van der Waals surface area contributed by atoms with Crippen LogP contribution in [0.3, 0.4) is 0 Å². The second kappa shape index (κ2) is 7.58. The van der Waals surface area contributed by atoms with Gasteiger partial charge in [0.2, 0.25) is 0 Å². The molecule has 1 aliphatic heterocycles. The number of amides is 2. The Morgan fingerprint density at radius 1 is 1.29 bits per heavy atom. The number of nitrogens with one attached hydrogen (secondary N) is 2. The second-order valence-electron chi connectivity index (χ2n) is 5.00. The minimum Gasteiger partial charge on any atom is -0.478 e. The summed E-state index contributed by atoms with van der Waals surface area (Å²) in [6, 6.07) is 2.60. The average Bonchev–Trinajstić information content (AvgIpc) is 2.99. The first kappa shape index (κ1) is 15.2. The fourth-order valence-electron chi connectivity index (χ4n) is 2.28. The highest BCUT2D eigenvalue weighted by Gasteiger charge is 2.11. The van der Waals surface area contributed by atoms with Crippen LogP contribution in [0.1, 0.15) is 28.9 Å². The minimum atomic E-state index is -1.01. The monoisotopic (exact) mass is 292 g/mol. The van der Waals surface area contributed by atoms with Crippen LogP contribution < -0.4 is 10.6 Å². The minimum absolute atomic E-state index is 0.163. The van der Waals surface area contributed by atoms with Gasteiger partial charge in [-0.15, -0.1) is 0 Å². The summed E-state index contributed by atoms with van der Waals surface area (Å²) in [6.45, 7) is 3.88. The predicted molar refractivity (Wildman–Crippen MR) is 77.1 cm³/mol. The number of nitrogens with zero attached hydrogens (tertiary/aromatic N) is 2. The number of rotatable bonds is 6. The molecule has 1 aromatic heterocycles. The molecule has 114 valence electrons. The van der Waals surface area contributed by atoms with E-state index >= 15 is 0 Å². The van der Waals surface area contributed by atoms with Gasteiger partial charge in [-0.2, -0.15) is 0 Å². The molecule has 0 aromatic carbocycles. The maximum atomic E-state index is 11.6. The molecule has 7 heteroatoms. The van der Waals surface area contributed by atoms with Crippen molar-refractivity contribution >= 4 is 12.0 Å².